The third-order valence-corrected chi connectivity index (χ3v) is 5.30. The number of ether oxygens (including phenoxy) is 3. The summed E-state index contributed by atoms with van der Waals surface area (Å²) < 4.78 is 32.5. The summed E-state index contributed by atoms with van der Waals surface area (Å²) in [5.74, 6) is -1.42. The number of nitrogens with zero attached hydrogens (tertiary/aromatic N) is 2. The zero-order valence-electron chi connectivity index (χ0n) is 18.2. The second-order valence-electron chi connectivity index (χ2n) is 7.64. The largest absolute Gasteiger partial charge is 0.459 e. The number of alkyl halides is 1. The Balaban J connectivity index is 1.61. The SMILES string of the molecule is CC(=O)O[C@H]1[C@H](F)[C@H](n2cc(-c3ccccc3)c(N)nc2=O)O[C@@H]1COC(=O)c1ccccc1. The van der Waals surface area contributed by atoms with Crippen LogP contribution in [0.15, 0.2) is 71.7 Å². The van der Waals surface area contributed by atoms with Gasteiger partial charge in [-0.3, -0.25) is 9.36 Å². The summed E-state index contributed by atoms with van der Waals surface area (Å²) in [7, 11) is 0. The zero-order valence-corrected chi connectivity index (χ0v) is 18.2. The van der Waals surface area contributed by atoms with Crippen LogP contribution in [0.3, 0.4) is 0 Å². The van der Waals surface area contributed by atoms with Gasteiger partial charge < -0.3 is 19.9 Å². The minimum Gasteiger partial charge on any atom is -0.459 e. The van der Waals surface area contributed by atoms with Crippen LogP contribution in [0.5, 0.6) is 0 Å². The average molecular weight is 467 g/mol. The number of rotatable bonds is 6. The highest BCUT2D eigenvalue weighted by Crippen LogP contribution is 2.35. The maximum Gasteiger partial charge on any atom is 0.351 e. The molecule has 176 valence electrons. The topological polar surface area (TPSA) is 123 Å². The summed E-state index contributed by atoms with van der Waals surface area (Å²) in [5.41, 5.74) is 6.45. The zero-order chi connectivity index (χ0) is 24.2. The lowest BCUT2D eigenvalue weighted by Crippen LogP contribution is -2.37. The van der Waals surface area contributed by atoms with Crippen LogP contribution >= 0.6 is 0 Å². The molecule has 0 saturated carbocycles. The van der Waals surface area contributed by atoms with Gasteiger partial charge in [-0.1, -0.05) is 48.5 Å². The Morgan fingerprint density at radius 2 is 1.76 bits per heavy atom. The molecule has 2 N–H and O–H groups in total. The van der Waals surface area contributed by atoms with Gasteiger partial charge in [-0.2, -0.15) is 4.98 Å². The molecule has 1 aliphatic heterocycles. The first kappa shape index (κ1) is 23.1. The Morgan fingerprint density at radius 3 is 2.41 bits per heavy atom. The van der Waals surface area contributed by atoms with Crippen LogP contribution < -0.4 is 11.4 Å². The van der Waals surface area contributed by atoms with Gasteiger partial charge in [0.2, 0.25) is 0 Å². The van der Waals surface area contributed by atoms with Crippen molar-refractivity contribution in [2.24, 2.45) is 0 Å². The van der Waals surface area contributed by atoms with Gasteiger partial charge in [0.25, 0.3) is 0 Å². The second kappa shape index (κ2) is 9.84. The maximum absolute atomic E-state index is 15.4. The predicted octanol–water partition coefficient (Wildman–Crippen LogP) is 2.52. The summed E-state index contributed by atoms with van der Waals surface area (Å²) in [6.45, 7) is 0.725. The van der Waals surface area contributed by atoms with E-state index in [1.165, 1.54) is 6.20 Å². The van der Waals surface area contributed by atoms with Gasteiger partial charge in [-0.15, -0.1) is 0 Å². The molecule has 0 radical (unpaired) electrons. The van der Waals surface area contributed by atoms with Crippen molar-refractivity contribution < 1.29 is 28.2 Å². The number of carbonyl (C=O) groups is 2. The molecule has 0 aliphatic carbocycles. The Kier molecular flexibility index (Phi) is 6.69. The lowest BCUT2D eigenvalue weighted by atomic mass is 10.1. The molecule has 0 bridgehead atoms. The van der Waals surface area contributed by atoms with Crippen molar-refractivity contribution in [3.63, 3.8) is 0 Å². The number of nitrogen functional groups attached to an aromatic ring is 1. The first-order valence-electron chi connectivity index (χ1n) is 10.5. The number of halogens is 1. The number of anilines is 1. The van der Waals surface area contributed by atoms with E-state index in [1.807, 2.05) is 6.07 Å². The predicted molar refractivity (Wildman–Crippen MR) is 119 cm³/mol. The average Bonchev–Trinajstić information content (AvgIpc) is 3.13. The number of nitrogens with two attached hydrogens (primary N) is 1. The van der Waals surface area contributed by atoms with Gasteiger partial charge in [0, 0.05) is 18.7 Å². The molecule has 1 aromatic heterocycles. The van der Waals surface area contributed by atoms with E-state index in [2.05, 4.69) is 4.98 Å². The minimum absolute atomic E-state index is 0.0225. The van der Waals surface area contributed by atoms with Crippen LogP contribution in [-0.2, 0) is 19.0 Å². The van der Waals surface area contributed by atoms with Crippen molar-refractivity contribution in [3.05, 3.63) is 82.9 Å². The minimum atomic E-state index is -1.93. The Bertz CT molecular complexity index is 1230. The molecule has 9 nitrogen and oxygen atoms in total. The molecule has 1 saturated heterocycles. The third kappa shape index (κ3) is 4.81. The van der Waals surface area contributed by atoms with Crippen molar-refractivity contribution >= 4 is 17.8 Å². The van der Waals surface area contributed by atoms with Crippen molar-refractivity contribution in [1.29, 1.82) is 0 Å². The van der Waals surface area contributed by atoms with E-state index in [4.69, 9.17) is 19.9 Å². The van der Waals surface area contributed by atoms with Crippen LogP contribution in [0.4, 0.5) is 10.2 Å². The molecule has 0 amide bonds. The molecular formula is C24H22FN3O6. The molecule has 1 aliphatic rings. The molecule has 4 atom stereocenters. The lowest BCUT2D eigenvalue weighted by molar-refractivity contribution is -0.152. The van der Waals surface area contributed by atoms with Crippen LogP contribution in [0, 0.1) is 0 Å². The van der Waals surface area contributed by atoms with Crippen molar-refractivity contribution in [1.82, 2.24) is 9.55 Å². The van der Waals surface area contributed by atoms with Crippen molar-refractivity contribution in [2.75, 3.05) is 12.3 Å². The van der Waals surface area contributed by atoms with E-state index >= 15 is 4.39 Å². The molecule has 3 aromatic rings. The Morgan fingerprint density at radius 1 is 1.12 bits per heavy atom. The van der Waals surface area contributed by atoms with Crippen LogP contribution in [0.1, 0.15) is 23.5 Å². The molecule has 2 heterocycles. The number of hydrogen-bond acceptors (Lipinski definition) is 8. The Hall–Kier alpha value is -4.05. The first-order chi connectivity index (χ1) is 16.3. The van der Waals surface area contributed by atoms with Crippen LogP contribution in [-0.4, -0.2) is 46.5 Å². The number of hydrogen-bond donors (Lipinski definition) is 1. The number of benzene rings is 2. The van der Waals surface area contributed by atoms with Crippen LogP contribution in [0.25, 0.3) is 11.1 Å². The molecule has 10 heteroatoms. The third-order valence-electron chi connectivity index (χ3n) is 5.30. The summed E-state index contributed by atoms with van der Waals surface area (Å²) >= 11 is 0. The monoisotopic (exact) mass is 467 g/mol. The molecule has 34 heavy (non-hydrogen) atoms. The van der Waals surface area contributed by atoms with E-state index < -0.39 is 48.8 Å². The van der Waals surface area contributed by atoms with E-state index in [1.54, 1.807) is 54.6 Å². The summed E-state index contributed by atoms with van der Waals surface area (Å²) in [6.07, 6.45) is -4.62. The highest BCUT2D eigenvalue weighted by molar-refractivity contribution is 5.89. The Labute approximate surface area is 193 Å². The number of aromatic nitrogens is 2. The van der Waals surface area contributed by atoms with Gasteiger partial charge >= 0.3 is 17.6 Å². The summed E-state index contributed by atoms with van der Waals surface area (Å²) in [5, 5.41) is 0. The van der Waals surface area contributed by atoms with Gasteiger partial charge in [-0.25, -0.2) is 14.0 Å². The molecular weight excluding hydrogens is 445 g/mol. The van der Waals surface area contributed by atoms with Gasteiger partial charge in [0.05, 0.1) is 5.56 Å². The van der Waals surface area contributed by atoms with Gasteiger partial charge in [-0.05, 0) is 17.7 Å². The summed E-state index contributed by atoms with van der Waals surface area (Å²) in [6, 6.07) is 17.1. The molecule has 0 unspecified atom stereocenters. The molecule has 1 fully saturated rings. The summed E-state index contributed by atoms with van der Waals surface area (Å²) in [4.78, 5) is 40.3. The fraction of sp³-hybridized carbons (Fsp3) is 0.250. The van der Waals surface area contributed by atoms with Crippen LogP contribution in [0.2, 0.25) is 0 Å². The normalized spacial score (nSPS) is 21.7. The van der Waals surface area contributed by atoms with E-state index in [0.29, 0.717) is 16.7 Å². The second-order valence-corrected chi connectivity index (χ2v) is 7.64. The van der Waals surface area contributed by atoms with E-state index in [0.717, 1.165) is 11.5 Å². The first-order valence-corrected chi connectivity index (χ1v) is 10.5. The van der Waals surface area contributed by atoms with Crippen molar-refractivity contribution in [2.45, 2.75) is 31.5 Å². The number of carbonyl (C=O) groups excluding carboxylic acids is 2. The highest BCUT2D eigenvalue weighted by Gasteiger charge is 2.49. The van der Waals surface area contributed by atoms with Crippen molar-refractivity contribution in [3.8, 4) is 11.1 Å². The molecule has 2 aromatic carbocycles. The van der Waals surface area contributed by atoms with Gasteiger partial charge in [0.15, 0.2) is 18.5 Å². The quantitative estimate of drug-likeness (QED) is 0.549. The smallest absolute Gasteiger partial charge is 0.351 e. The standard InChI is InChI=1S/C24H22FN3O6/c1-14(29)33-20-18(13-32-23(30)16-10-6-3-7-11-16)34-22(19(20)25)28-12-17(21(26)27-24(28)31)15-8-4-2-5-9-15/h2-12,18-20,22H,13H2,1H3,(H2,26,27,31)/t18-,19+,20-,22-/m1/s1. The van der Waals surface area contributed by atoms with Gasteiger partial charge in [0.1, 0.15) is 18.5 Å². The molecule has 4 rings (SSSR count). The van der Waals surface area contributed by atoms with E-state index in [9.17, 15) is 14.4 Å². The molecule has 0 spiro atoms. The fourth-order valence-corrected chi connectivity index (χ4v) is 3.70. The number of esters is 2. The highest BCUT2D eigenvalue weighted by atomic mass is 19.1. The fourth-order valence-electron chi connectivity index (χ4n) is 3.70. The van der Waals surface area contributed by atoms with E-state index in [-0.39, 0.29) is 5.82 Å². The lowest BCUT2D eigenvalue weighted by Gasteiger charge is -2.18. The maximum atomic E-state index is 15.4.